The molecule has 1 atom stereocenters. The van der Waals surface area contributed by atoms with Gasteiger partial charge in [0.25, 0.3) is 0 Å². The summed E-state index contributed by atoms with van der Waals surface area (Å²) in [6.07, 6.45) is -0.351. The number of rotatable bonds is 3. The molecule has 1 unspecified atom stereocenters. The van der Waals surface area contributed by atoms with Crippen LogP contribution >= 0.6 is 11.6 Å². The lowest BCUT2D eigenvalue weighted by molar-refractivity contribution is -0.00255. The van der Waals surface area contributed by atoms with Gasteiger partial charge in [-0.05, 0) is 29.8 Å². The molecule has 2 aromatic carbocycles. The molecule has 0 bridgehead atoms. The van der Waals surface area contributed by atoms with E-state index in [1.54, 1.807) is 18.2 Å². The standard InChI is InChI=1S/C17H16ClNO5S/c18-13-3-1-2-12(8-13)17-10-19(6-7-22-17)25(20,21)14-4-5-15-16(9-14)24-11-23-15/h1-5,8-9,17H,6-7,10-11H2. The number of hydrogen-bond donors (Lipinski definition) is 0. The Hall–Kier alpha value is -1.80. The smallest absolute Gasteiger partial charge is 0.243 e. The SMILES string of the molecule is O=S(=O)(c1ccc2c(c1)OCO2)N1CCOC(c2cccc(Cl)c2)C1. The van der Waals surface area contributed by atoms with Gasteiger partial charge >= 0.3 is 0 Å². The number of halogens is 1. The fraction of sp³-hybridized carbons (Fsp3) is 0.294. The summed E-state index contributed by atoms with van der Waals surface area (Å²) in [6.45, 7) is 0.957. The van der Waals surface area contributed by atoms with E-state index in [4.69, 9.17) is 25.8 Å². The second kappa shape index (κ2) is 6.49. The van der Waals surface area contributed by atoms with Crippen LogP contribution in [0.1, 0.15) is 11.7 Å². The van der Waals surface area contributed by atoms with E-state index in [0.717, 1.165) is 5.56 Å². The van der Waals surface area contributed by atoms with Gasteiger partial charge in [0.05, 0.1) is 17.6 Å². The average molecular weight is 382 g/mol. The van der Waals surface area contributed by atoms with Crippen LogP contribution in [0, 0.1) is 0 Å². The second-order valence-corrected chi connectivity index (χ2v) is 8.17. The summed E-state index contributed by atoms with van der Waals surface area (Å²) < 4.78 is 43.6. The van der Waals surface area contributed by atoms with Crippen molar-refractivity contribution < 1.29 is 22.6 Å². The van der Waals surface area contributed by atoms with E-state index in [2.05, 4.69) is 0 Å². The minimum absolute atomic E-state index is 0.104. The Balaban J connectivity index is 1.60. The van der Waals surface area contributed by atoms with Crippen molar-refractivity contribution in [3.05, 3.63) is 53.1 Å². The van der Waals surface area contributed by atoms with Crippen molar-refractivity contribution in [2.45, 2.75) is 11.0 Å². The molecule has 25 heavy (non-hydrogen) atoms. The van der Waals surface area contributed by atoms with Gasteiger partial charge < -0.3 is 14.2 Å². The zero-order chi connectivity index (χ0) is 17.4. The molecule has 0 radical (unpaired) electrons. The first kappa shape index (κ1) is 16.7. The number of morpholine rings is 1. The highest BCUT2D eigenvalue weighted by molar-refractivity contribution is 7.89. The number of hydrogen-bond acceptors (Lipinski definition) is 5. The fourth-order valence-electron chi connectivity index (χ4n) is 2.94. The molecular weight excluding hydrogens is 366 g/mol. The molecule has 0 spiro atoms. The van der Waals surface area contributed by atoms with Crippen molar-refractivity contribution in [2.75, 3.05) is 26.5 Å². The Kier molecular flexibility index (Phi) is 4.33. The molecule has 8 heteroatoms. The molecule has 1 fully saturated rings. The highest BCUT2D eigenvalue weighted by Gasteiger charge is 2.32. The monoisotopic (exact) mass is 381 g/mol. The fourth-order valence-corrected chi connectivity index (χ4v) is 4.58. The molecule has 0 aromatic heterocycles. The van der Waals surface area contributed by atoms with Crippen LogP contribution in [0.2, 0.25) is 5.02 Å². The van der Waals surface area contributed by atoms with E-state index in [9.17, 15) is 8.42 Å². The van der Waals surface area contributed by atoms with E-state index in [1.165, 1.54) is 16.4 Å². The molecule has 4 rings (SSSR count). The maximum atomic E-state index is 13.0. The minimum atomic E-state index is -3.65. The maximum absolute atomic E-state index is 13.0. The molecule has 0 saturated carbocycles. The van der Waals surface area contributed by atoms with E-state index < -0.39 is 10.0 Å². The first-order valence-corrected chi connectivity index (χ1v) is 9.63. The lowest BCUT2D eigenvalue weighted by Gasteiger charge is -2.32. The Morgan fingerprint density at radius 2 is 1.92 bits per heavy atom. The Morgan fingerprint density at radius 1 is 1.08 bits per heavy atom. The van der Waals surface area contributed by atoms with Gasteiger partial charge in [-0.3, -0.25) is 0 Å². The zero-order valence-electron chi connectivity index (χ0n) is 13.2. The predicted molar refractivity (Wildman–Crippen MR) is 91.5 cm³/mol. The number of ether oxygens (including phenoxy) is 3. The van der Waals surface area contributed by atoms with Gasteiger partial charge in [0.2, 0.25) is 16.8 Å². The van der Waals surface area contributed by atoms with Crippen LogP contribution in [0.25, 0.3) is 0 Å². The Morgan fingerprint density at radius 3 is 2.76 bits per heavy atom. The zero-order valence-corrected chi connectivity index (χ0v) is 14.8. The molecule has 2 aliphatic rings. The summed E-state index contributed by atoms with van der Waals surface area (Å²) in [4.78, 5) is 0.184. The number of benzene rings is 2. The highest BCUT2D eigenvalue weighted by atomic mass is 35.5. The number of nitrogens with zero attached hydrogens (tertiary/aromatic N) is 1. The summed E-state index contributed by atoms with van der Waals surface area (Å²) in [5, 5.41) is 0.594. The van der Waals surface area contributed by atoms with Crippen LogP contribution in [0.3, 0.4) is 0 Å². The maximum Gasteiger partial charge on any atom is 0.243 e. The van der Waals surface area contributed by atoms with Gasteiger partial charge in [0, 0.05) is 24.2 Å². The van der Waals surface area contributed by atoms with E-state index in [-0.39, 0.29) is 24.3 Å². The van der Waals surface area contributed by atoms with Crippen LogP contribution in [-0.4, -0.2) is 39.2 Å². The third kappa shape index (κ3) is 3.20. The lowest BCUT2D eigenvalue weighted by atomic mass is 10.1. The Labute approximate surface area is 150 Å². The van der Waals surface area contributed by atoms with E-state index in [1.807, 2.05) is 12.1 Å². The minimum Gasteiger partial charge on any atom is -0.454 e. The topological polar surface area (TPSA) is 65.1 Å². The highest BCUT2D eigenvalue weighted by Crippen LogP contribution is 2.35. The van der Waals surface area contributed by atoms with Crippen LogP contribution in [-0.2, 0) is 14.8 Å². The van der Waals surface area contributed by atoms with E-state index in [0.29, 0.717) is 29.7 Å². The quantitative estimate of drug-likeness (QED) is 0.818. The first-order chi connectivity index (χ1) is 12.0. The van der Waals surface area contributed by atoms with Crippen LogP contribution in [0.15, 0.2) is 47.4 Å². The summed E-state index contributed by atoms with van der Waals surface area (Å²) >= 11 is 6.03. The summed E-state index contributed by atoms with van der Waals surface area (Å²) in [7, 11) is -3.65. The van der Waals surface area contributed by atoms with Gasteiger partial charge in [-0.15, -0.1) is 0 Å². The second-order valence-electron chi connectivity index (χ2n) is 5.79. The summed E-state index contributed by atoms with van der Waals surface area (Å²) in [6, 6.07) is 11.9. The lowest BCUT2D eigenvalue weighted by Crippen LogP contribution is -2.42. The van der Waals surface area contributed by atoms with Crippen molar-refractivity contribution >= 4 is 21.6 Å². The molecule has 132 valence electrons. The van der Waals surface area contributed by atoms with Crippen molar-refractivity contribution in [1.82, 2.24) is 4.31 Å². The van der Waals surface area contributed by atoms with Crippen molar-refractivity contribution in [1.29, 1.82) is 0 Å². The first-order valence-electron chi connectivity index (χ1n) is 7.81. The third-order valence-corrected chi connectivity index (χ3v) is 6.33. The molecule has 0 aliphatic carbocycles. The van der Waals surface area contributed by atoms with E-state index >= 15 is 0 Å². The third-order valence-electron chi connectivity index (χ3n) is 4.23. The number of sulfonamides is 1. The van der Waals surface area contributed by atoms with Crippen LogP contribution in [0.5, 0.6) is 11.5 Å². The molecule has 2 aromatic rings. The van der Waals surface area contributed by atoms with Crippen molar-refractivity contribution in [3.63, 3.8) is 0 Å². The van der Waals surface area contributed by atoms with Crippen molar-refractivity contribution in [2.24, 2.45) is 0 Å². The predicted octanol–water partition coefficient (Wildman–Crippen LogP) is 2.83. The number of fused-ring (bicyclic) bond motifs is 1. The molecule has 0 N–H and O–H groups in total. The van der Waals surface area contributed by atoms with Gasteiger partial charge in [-0.2, -0.15) is 4.31 Å². The van der Waals surface area contributed by atoms with Crippen LogP contribution < -0.4 is 9.47 Å². The van der Waals surface area contributed by atoms with Crippen LogP contribution in [0.4, 0.5) is 0 Å². The Bertz CT molecular complexity index is 902. The molecule has 2 heterocycles. The van der Waals surface area contributed by atoms with Crippen molar-refractivity contribution in [3.8, 4) is 11.5 Å². The average Bonchev–Trinajstić information content (AvgIpc) is 3.09. The summed E-state index contributed by atoms with van der Waals surface area (Å²) in [5.41, 5.74) is 0.859. The van der Waals surface area contributed by atoms with Gasteiger partial charge in [-0.25, -0.2) is 8.42 Å². The molecule has 6 nitrogen and oxygen atoms in total. The van der Waals surface area contributed by atoms with Gasteiger partial charge in [0.1, 0.15) is 0 Å². The molecule has 0 amide bonds. The summed E-state index contributed by atoms with van der Waals surface area (Å²) in [5.74, 6) is 0.999. The normalized spacial score (nSPS) is 20.6. The molecule has 1 saturated heterocycles. The van der Waals surface area contributed by atoms with Gasteiger partial charge in [-0.1, -0.05) is 23.7 Å². The van der Waals surface area contributed by atoms with Gasteiger partial charge in [0.15, 0.2) is 11.5 Å². The largest absolute Gasteiger partial charge is 0.454 e. The molecule has 2 aliphatic heterocycles. The molecular formula is C17H16ClNO5S.